The Kier molecular flexibility index (Phi) is 5.43. The van der Waals surface area contributed by atoms with Gasteiger partial charge < -0.3 is 19.4 Å². The molecule has 0 bridgehead atoms. The summed E-state index contributed by atoms with van der Waals surface area (Å²) in [5.41, 5.74) is 0.172. The highest BCUT2D eigenvalue weighted by molar-refractivity contribution is 6.09. The predicted octanol–water partition coefficient (Wildman–Crippen LogP) is 4.02. The molecule has 178 valence electrons. The maximum absolute atomic E-state index is 13.2. The molecule has 0 radical (unpaired) electrons. The van der Waals surface area contributed by atoms with Crippen LogP contribution in [-0.4, -0.2) is 48.3 Å². The van der Waals surface area contributed by atoms with Gasteiger partial charge in [-0.3, -0.25) is 14.5 Å². The van der Waals surface area contributed by atoms with E-state index >= 15 is 0 Å². The average molecular weight is 472 g/mol. The van der Waals surface area contributed by atoms with Crippen molar-refractivity contribution >= 4 is 39.6 Å². The lowest BCUT2D eigenvalue weighted by Crippen LogP contribution is -2.43. The summed E-state index contributed by atoms with van der Waals surface area (Å²) < 4.78 is 11.1. The Hall–Kier alpha value is -4.33. The van der Waals surface area contributed by atoms with Gasteiger partial charge in [-0.15, -0.1) is 0 Å². The first-order valence-corrected chi connectivity index (χ1v) is 11.2. The minimum Gasteiger partial charge on any atom is -0.497 e. The largest absolute Gasteiger partial charge is 0.497 e. The third-order valence-corrected chi connectivity index (χ3v) is 6.44. The number of ether oxygens (including phenoxy) is 1. The molecule has 1 N–H and O–H groups in total. The lowest BCUT2D eigenvalue weighted by Gasteiger charge is -2.22. The van der Waals surface area contributed by atoms with Crippen LogP contribution in [0.25, 0.3) is 21.7 Å². The van der Waals surface area contributed by atoms with Crippen molar-refractivity contribution < 1.29 is 23.5 Å². The van der Waals surface area contributed by atoms with E-state index in [0.717, 1.165) is 32.4 Å². The fourth-order valence-corrected chi connectivity index (χ4v) is 4.35. The fraction of sp³-hybridized carbons (Fsp3) is 0.222. The van der Waals surface area contributed by atoms with Gasteiger partial charge in [0.05, 0.1) is 7.11 Å². The van der Waals surface area contributed by atoms with Crippen LogP contribution >= 0.6 is 0 Å². The smallest absolute Gasteiger partial charge is 0.325 e. The monoisotopic (exact) mass is 471 g/mol. The van der Waals surface area contributed by atoms with Gasteiger partial charge in [-0.2, -0.15) is 0 Å². The zero-order chi connectivity index (χ0) is 24.7. The number of hydrogen-bond acceptors (Lipinski definition) is 5. The highest BCUT2D eigenvalue weighted by Gasteiger charge is 2.51. The molecule has 4 aromatic rings. The molecule has 0 spiro atoms. The topological polar surface area (TPSA) is 92.1 Å². The zero-order valence-electron chi connectivity index (χ0n) is 19.7. The normalized spacial score (nSPS) is 17.7. The minimum atomic E-state index is -1.38. The SMILES string of the molecule is COc1ccc2cc(CN(C)C(=O)CN3C(=O)N[C@@](C)(c4cc5ccccc5o4)C3=O)ccc2c1. The summed E-state index contributed by atoms with van der Waals surface area (Å²) in [6.45, 7) is 1.57. The van der Waals surface area contributed by atoms with Gasteiger partial charge in [-0.1, -0.05) is 36.4 Å². The van der Waals surface area contributed by atoms with E-state index < -0.39 is 17.5 Å². The molecule has 1 aliphatic heterocycles. The minimum absolute atomic E-state index is 0.327. The van der Waals surface area contributed by atoms with Gasteiger partial charge in [0.25, 0.3) is 5.91 Å². The number of fused-ring (bicyclic) bond motifs is 2. The zero-order valence-corrected chi connectivity index (χ0v) is 19.7. The molecule has 5 rings (SSSR count). The second-order valence-electron chi connectivity index (χ2n) is 8.89. The van der Waals surface area contributed by atoms with E-state index in [4.69, 9.17) is 9.15 Å². The number of amides is 4. The molecule has 0 aliphatic carbocycles. The summed E-state index contributed by atoms with van der Waals surface area (Å²) in [5, 5.41) is 5.58. The first-order chi connectivity index (χ1) is 16.8. The van der Waals surface area contributed by atoms with Crippen molar-refractivity contribution in [2.75, 3.05) is 20.7 Å². The fourth-order valence-electron chi connectivity index (χ4n) is 4.35. The molecule has 1 fully saturated rings. The van der Waals surface area contributed by atoms with Crippen LogP contribution in [0.2, 0.25) is 0 Å². The highest BCUT2D eigenvalue weighted by Crippen LogP contribution is 2.33. The number of methoxy groups -OCH3 is 1. The highest BCUT2D eigenvalue weighted by atomic mass is 16.5. The summed E-state index contributed by atoms with van der Waals surface area (Å²) in [7, 11) is 3.28. The number of benzene rings is 3. The number of nitrogens with zero attached hydrogens (tertiary/aromatic N) is 2. The van der Waals surface area contributed by atoms with Crippen molar-refractivity contribution in [2.24, 2.45) is 0 Å². The molecule has 35 heavy (non-hydrogen) atoms. The molecule has 0 unspecified atom stereocenters. The van der Waals surface area contributed by atoms with Crippen LogP contribution in [0.3, 0.4) is 0 Å². The second kappa shape index (κ2) is 8.47. The molecule has 1 saturated heterocycles. The lowest BCUT2D eigenvalue weighted by atomic mass is 9.99. The average Bonchev–Trinajstić information content (AvgIpc) is 3.39. The predicted molar refractivity (Wildman–Crippen MR) is 131 cm³/mol. The van der Waals surface area contributed by atoms with E-state index in [1.54, 1.807) is 33.2 Å². The lowest BCUT2D eigenvalue weighted by molar-refractivity contribution is -0.138. The molecule has 4 amide bonds. The summed E-state index contributed by atoms with van der Waals surface area (Å²) in [6, 6.07) is 20.2. The van der Waals surface area contributed by atoms with Crippen molar-refractivity contribution in [3.05, 3.63) is 78.1 Å². The van der Waals surface area contributed by atoms with E-state index in [9.17, 15) is 14.4 Å². The third-order valence-electron chi connectivity index (χ3n) is 6.44. The van der Waals surface area contributed by atoms with E-state index in [1.807, 2.05) is 54.6 Å². The molecule has 1 aromatic heterocycles. The number of imide groups is 1. The van der Waals surface area contributed by atoms with Gasteiger partial charge >= 0.3 is 6.03 Å². The summed E-state index contributed by atoms with van der Waals surface area (Å²) in [5.74, 6) is 0.231. The number of likely N-dealkylation sites (N-methyl/N-ethyl adjacent to an activating group) is 1. The molecule has 2 heterocycles. The number of carbonyl (C=O) groups is 3. The maximum Gasteiger partial charge on any atom is 0.325 e. The Morgan fingerprint density at radius 2 is 1.77 bits per heavy atom. The summed E-state index contributed by atoms with van der Waals surface area (Å²) >= 11 is 0. The van der Waals surface area contributed by atoms with Crippen molar-refractivity contribution in [2.45, 2.75) is 19.0 Å². The number of urea groups is 1. The number of para-hydroxylation sites is 1. The Labute approximate surface area is 202 Å². The molecule has 0 saturated carbocycles. The van der Waals surface area contributed by atoms with E-state index in [0.29, 0.717) is 17.9 Å². The van der Waals surface area contributed by atoms with Gasteiger partial charge in [0.2, 0.25) is 5.91 Å². The first-order valence-electron chi connectivity index (χ1n) is 11.2. The standard InChI is InChI=1S/C27H25N3O5/c1-27(23-14-20-6-4-5-7-22(20)35-23)25(32)30(26(33)28-27)16-24(31)29(2)15-17-8-9-19-13-21(34-3)11-10-18(19)12-17/h4-14H,15-16H2,1-3H3,(H,28,33)/t27-/m0/s1. The van der Waals surface area contributed by atoms with E-state index in [1.165, 1.54) is 4.90 Å². The van der Waals surface area contributed by atoms with Crippen LogP contribution < -0.4 is 10.1 Å². The maximum atomic E-state index is 13.2. The van der Waals surface area contributed by atoms with Crippen molar-refractivity contribution in [3.63, 3.8) is 0 Å². The third kappa shape index (κ3) is 3.97. The van der Waals surface area contributed by atoms with Gasteiger partial charge in [0.1, 0.15) is 23.6 Å². The van der Waals surface area contributed by atoms with Crippen LogP contribution in [-0.2, 0) is 21.7 Å². The molecular weight excluding hydrogens is 446 g/mol. The van der Waals surface area contributed by atoms with Crippen LogP contribution in [0.15, 0.2) is 71.1 Å². The quantitative estimate of drug-likeness (QED) is 0.429. The molecular formula is C27H25N3O5. The second-order valence-corrected chi connectivity index (χ2v) is 8.89. The van der Waals surface area contributed by atoms with Crippen molar-refractivity contribution in [3.8, 4) is 5.75 Å². The number of rotatable bonds is 6. The van der Waals surface area contributed by atoms with E-state index in [-0.39, 0.29) is 12.5 Å². The van der Waals surface area contributed by atoms with Crippen molar-refractivity contribution in [1.29, 1.82) is 0 Å². The molecule has 8 heteroatoms. The Morgan fingerprint density at radius 3 is 2.54 bits per heavy atom. The number of nitrogens with one attached hydrogen (secondary N) is 1. The van der Waals surface area contributed by atoms with Crippen molar-refractivity contribution in [1.82, 2.24) is 15.1 Å². The van der Waals surface area contributed by atoms with Gasteiger partial charge in [0, 0.05) is 19.0 Å². The van der Waals surface area contributed by atoms with Gasteiger partial charge in [-0.05, 0) is 53.6 Å². The van der Waals surface area contributed by atoms with E-state index in [2.05, 4.69) is 5.32 Å². The molecule has 3 aromatic carbocycles. The summed E-state index contributed by atoms with van der Waals surface area (Å²) in [4.78, 5) is 41.3. The molecule has 1 atom stereocenters. The molecule has 1 aliphatic rings. The van der Waals surface area contributed by atoms with Crippen LogP contribution in [0.4, 0.5) is 4.79 Å². The molecule has 8 nitrogen and oxygen atoms in total. The summed E-state index contributed by atoms with van der Waals surface area (Å²) in [6.07, 6.45) is 0. The number of hydrogen-bond donors (Lipinski definition) is 1. The van der Waals surface area contributed by atoms with Gasteiger partial charge in [-0.25, -0.2) is 4.79 Å². The Bertz CT molecular complexity index is 1440. The number of carbonyl (C=O) groups excluding carboxylic acids is 3. The first kappa shape index (κ1) is 22.5. The van der Waals surface area contributed by atoms with Crippen LogP contribution in [0.1, 0.15) is 18.2 Å². The Balaban J connectivity index is 1.29. The van der Waals surface area contributed by atoms with Gasteiger partial charge in [0.15, 0.2) is 5.54 Å². The van der Waals surface area contributed by atoms with Crippen LogP contribution in [0, 0.1) is 0 Å². The van der Waals surface area contributed by atoms with Crippen LogP contribution in [0.5, 0.6) is 5.75 Å². The Morgan fingerprint density at radius 1 is 1.03 bits per heavy atom. The number of furan rings is 1.